The molecule has 17 heavy (non-hydrogen) atoms. The maximum atomic E-state index is 10.2. The molecule has 1 aliphatic heterocycles. The molecule has 1 aromatic rings. The number of hydrogen-bond donors (Lipinski definition) is 1. The molecule has 2 fully saturated rings. The summed E-state index contributed by atoms with van der Waals surface area (Å²) in [6.07, 6.45) is 8.13. The Morgan fingerprint density at radius 3 is 2.94 bits per heavy atom. The van der Waals surface area contributed by atoms with E-state index in [1.165, 1.54) is 6.42 Å². The highest BCUT2D eigenvalue weighted by Crippen LogP contribution is 2.34. The van der Waals surface area contributed by atoms with Crippen molar-refractivity contribution in [2.24, 2.45) is 0 Å². The number of β-amino-alcohol motifs (C(OH)–C–C–N with tert-alkyl or cyclic N) is 1. The third-order valence-electron chi connectivity index (χ3n) is 3.99. The van der Waals surface area contributed by atoms with Crippen molar-refractivity contribution in [3.8, 4) is 0 Å². The average molecular weight is 300 g/mol. The van der Waals surface area contributed by atoms with Gasteiger partial charge >= 0.3 is 0 Å². The minimum absolute atomic E-state index is 0.389. The summed E-state index contributed by atoms with van der Waals surface area (Å²) in [7, 11) is 0. The number of hydrogen-bond acceptors (Lipinski definition) is 3. The molecule has 0 amide bonds. The van der Waals surface area contributed by atoms with Crippen LogP contribution in [0, 0.1) is 0 Å². The zero-order chi connectivity index (χ0) is 11.9. The van der Waals surface area contributed by atoms with E-state index in [-0.39, 0.29) is 5.60 Å². The zero-order valence-electron chi connectivity index (χ0n) is 9.85. The van der Waals surface area contributed by atoms with Crippen LogP contribution >= 0.6 is 15.9 Å². The van der Waals surface area contributed by atoms with E-state index in [0.717, 1.165) is 43.4 Å². The van der Waals surface area contributed by atoms with Crippen molar-refractivity contribution in [1.82, 2.24) is 14.7 Å². The maximum absolute atomic E-state index is 10.2. The van der Waals surface area contributed by atoms with E-state index in [9.17, 15) is 5.11 Å². The fourth-order valence-electron chi connectivity index (χ4n) is 2.85. The number of aromatic nitrogens is 2. The van der Waals surface area contributed by atoms with Gasteiger partial charge in [0.1, 0.15) is 0 Å². The Hall–Kier alpha value is -0.390. The molecule has 3 rings (SSSR count). The molecule has 0 bridgehead atoms. The lowest BCUT2D eigenvalue weighted by atomic mass is 9.80. The predicted molar refractivity (Wildman–Crippen MR) is 68.8 cm³/mol. The van der Waals surface area contributed by atoms with Crippen LogP contribution in [0.25, 0.3) is 0 Å². The Kier molecular flexibility index (Phi) is 3.00. The third kappa shape index (κ3) is 2.41. The molecular weight excluding hydrogens is 282 g/mol. The normalized spacial score (nSPS) is 28.2. The van der Waals surface area contributed by atoms with Crippen LogP contribution in [-0.4, -0.2) is 45.0 Å². The standard InChI is InChI=1S/C12H18BrN3O/c13-10-6-14-16(7-10)11-2-5-15(8-11)9-12(17)3-1-4-12/h6-7,11,17H,1-5,8-9H2. The number of aliphatic hydroxyl groups is 1. The lowest BCUT2D eigenvalue weighted by Gasteiger charge is -2.39. The summed E-state index contributed by atoms with van der Waals surface area (Å²) in [4.78, 5) is 2.37. The average Bonchev–Trinajstić information content (AvgIpc) is 2.84. The first kappa shape index (κ1) is 11.7. The molecule has 0 radical (unpaired) electrons. The number of rotatable bonds is 3. The molecule has 0 spiro atoms. The predicted octanol–water partition coefficient (Wildman–Crippen LogP) is 1.81. The maximum Gasteiger partial charge on any atom is 0.0774 e. The molecule has 0 aromatic carbocycles. The summed E-state index contributed by atoms with van der Waals surface area (Å²) in [5.41, 5.74) is -0.389. The van der Waals surface area contributed by atoms with Crippen molar-refractivity contribution in [2.75, 3.05) is 19.6 Å². The quantitative estimate of drug-likeness (QED) is 0.925. The van der Waals surface area contributed by atoms with Gasteiger partial charge in [0.15, 0.2) is 0 Å². The van der Waals surface area contributed by atoms with E-state index < -0.39 is 0 Å². The smallest absolute Gasteiger partial charge is 0.0774 e. The molecule has 4 nitrogen and oxygen atoms in total. The molecular formula is C12H18BrN3O. The molecule has 1 saturated heterocycles. The van der Waals surface area contributed by atoms with Gasteiger partial charge in [0.2, 0.25) is 0 Å². The Morgan fingerprint density at radius 2 is 2.35 bits per heavy atom. The molecule has 2 heterocycles. The summed E-state index contributed by atoms with van der Waals surface area (Å²) in [6.45, 7) is 2.92. The molecule has 1 saturated carbocycles. The molecule has 1 aliphatic carbocycles. The van der Waals surface area contributed by atoms with Gasteiger partial charge in [-0.05, 0) is 41.6 Å². The summed E-state index contributed by atoms with van der Waals surface area (Å²) in [5, 5.41) is 14.5. The molecule has 5 heteroatoms. The van der Waals surface area contributed by atoms with Gasteiger partial charge in [-0.3, -0.25) is 9.58 Å². The first-order valence-electron chi connectivity index (χ1n) is 6.29. The lowest BCUT2D eigenvalue weighted by molar-refractivity contribution is -0.0552. The summed E-state index contributed by atoms with van der Waals surface area (Å²) in [6, 6.07) is 0.463. The van der Waals surface area contributed by atoms with Gasteiger partial charge in [-0.15, -0.1) is 0 Å². The van der Waals surface area contributed by atoms with Crippen molar-refractivity contribution in [3.05, 3.63) is 16.9 Å². The fraction of sp³-hybridized carbons (Fsp3) is 0.750. The van der Waals surface area contributed by atoms with E-state index in [1.807, 2.05) is 17.1 Å². The monoisotopic (exact) mass is 299 g/mol. The van der Waals surface area contributed by atoms with Crippen LogP contribution in [0.3, 0.4) is 0 Å². The van der Waals surface area contributed by atoms with Gasteiger partial charge in [-0.25, -0.2) is 0 Å². The van der Waals surface area contributed by atoms with Gasteiger partial charge in [-0.1, -0.05) is 0 Å². The second-order valence-corrected chi connectivity index (χ2v) is 6.31. The van der Waals surface area contributed by atoms with Crippen LogP contribution in [-0.2, 0) is 0 Å². The van der Waals surface area contributed by atoms with E-state index in [4.69, 9.17) is 0 Å². The van der Waals surface area contributed by atoms with E-state index in [2.05, 4.69) is 25.9 Å². The van der Waals surface area contributed by atoms with Crippen molar-refractivity contribution < 1.29 is 5.11 Å². The van der Waals surface area contributed by atoms with Gasteiger partial charge < -0.3 is 5.11 Å². The van der Waals surface area contributed by atoms with Gasteiger partial charge in [0.05, 0.1) is 22.3 Å². The van der Waals surface area contributed by atoms with Crippen LogP contribution in [0.15, 0.2) is 16.9 Å². The van der Waals surface area contributed by atoms with Crippen molar-refractivity contribution >= 4 is 15.9 Å². The summed E-state index contributed by atoms with van der Waals surface area (Å²) < 4.78 is 3.07. The first-order valence-corrected chi connectivity index (χ1v) is 7.08. The largest absolute Gasteiger partial charge is 0.389 e. The van der Waals surface area contributed by atoms with Crippen LogP contribution in [0.2, 0.25) is 0 Å². The SMILES string of the molecule is OC1(CN2CCC(n3cc(Br)cn3)C2)CCC1. The second kappa shape index (κ2) is 4.37. The summed E-state index contributed by atoms with van der Waals surface area (Å²) in [5.74, 6) is 0. The molecule has 1 unspecified atom stereocenters. The number of likely N-dealkylation sites (tertiary alicyclic amines) is 1. The van der Waals surface area contributed by atoms with Crippen molar-refractivity contribution in [3.63, 3.8) is 0 Å². The van der Waals surface area contributed by atoms with Crippen LogP contribution in [0.4, 0.5) is 0 Å². The van der Waals surface area contributed by atoms with Crippen LogP contribution < -0.4 is 0 Å². The number of halogens is 1. The fourth-order valence-corrected chi connectivity index (χ4v) is 3.15. The van der Waals surface area contributed by atoms with Gasteiger partial charge in [0, 0.05) is 25.8 Å². The van der Waals surface area contributed by atoms with Crippen LogP contribution in [0.1, 0.15) is 31.7 Å². The van der Waals surface area contributed by atoms with E-state index >= 15 is 0 Å². The molecule has 1 N–H and O–H groups in total. The highest BCUT2D eigenvalue weighted by atomic mass is 79.9. The van der Waals surface area contributed by atoms with E-state index in [1.54, 1.807) is 0 Å². The Bertz CT molecular complexity index is 402. The summed E-state index contributed by atoms with van der Waals surface area (Å²) >= 11 is 3.43. The molecule has 1 aromatic heterocycles. The third-order valence-corrected chi connectivity index (χ3v) is 4.40. The zero-order valence-corrected chi connectivity index (χ0v) is 11.4. The Labute approximate surface area is 110 Å². The molecule has 2 aliphatic rings. The highest BCUT2D eigenvalue weighted by molar-refractivity contribution is 9.10. The van der Waals surface area contributed by atoms with Crippen LogP contribution in [0.5, 0.6) is 0 Å². The first-order chi connectivity index (χ1) is 8.15. The molecule has 94 valence electrons. The molecule has 1 atom stereocenters. The second-order valence-electron chi connectivity index (χ2n) is 5.39. The number of nitrogens with zero attached hydrogens (tertiary/aromatic N) is 3. The van der Waals surface area contributed by atoms with Gasteiger partial charge in [0.25, 0.3) is 0 Å². The van der Waals surface area contributed by atoms with Crippen molar-refractivity contribution in [1.29, 1.82) is 0 Å². The van der Waals surface area contributed by atoms with Gasteiger partial charge in [-0.2, -0.15) is 5.10 Å². The van der Waals surface area contributed by atoms with E-state index in [0.29, 0.717) is 6.04 Å². The Balaban J connectivity index is 1.58. The highest BCUT2D eigenvalue weighted by Gasteiger charge is 2.38. The van der Waals surface area contributed by atoms with Crippen molar-refractivity contribution in [2.45, 2.75) is 37.3 Å². The Morgan fingerprint density at radius 1 is 1.53 bits per heavy atom. The lowest BCUT2D eigenvalue weighted by Crippen LogP contribution is -2.47. The topological polar surface area (TPSA) is 41.3 Å². The minimum Gasteiger partial charge on any atom is -0.389 e. The minimum atomic E-state index is -0.389.